The SMILES string of the molecule is O=C(O)C1CCCN(CC(F)(F)F)C1=O. The molecule has 1 aliphatic heterocycles. The molecule has 0 aromatic rings. The Kier molecular flexibility index (Phi) is 3.21. The Balaban J connectivity index is 2.67. The number of carbonyl (C=O) groups excluding carboxylic acids is 1. The van der Waals surface area contributed by atoms with Crippen LogP contribution in [0, 0.1) is 5.92 Å². The second-order valence-corrected chi connectivity index (χ2v) is 3.41. The Morgan fingerprint density at radius 1 is 1.53 bits per heavy atom. The van der Waals surface area contributed by atoms with Crippen molar-refractivity contribution < 1.29 is 27.9 Å². The Morgan fingerprint density at radius 3 is 2.60 bits per heavy atom. The molecule has 1 atom stereocenters. The van der Waals surface area contributed by atoms with Gasteiger partial charge in [0.2, 0.25) is 5.91 Å². The van der Waals surface area contributed by atoms with Crippen LogP contribution in [0.3, 0.4) is 0 Å². The third-order valence-corrected chi connectivity index (χ3v) is 2.20. The van der Waals surface area contributed by atoms with Crippen molar-refractivity contribution in [1.29, 1.82) is 0 Å². The number of carbonyl (C=O) groups is 2. The molecule has 0 aliphatic carbocycles. The number of aliphatic carboxylic acids is 1. The molecule has 0 aromatic heterocycles. The fourth-order valence-electron chi connectivity index (χ4n) is 1.54. The molecule has 86 valence electrons. The van der Waals surface area contributed by atoms with Gasteiger partial charge in [-0.2, -0.15) is 13.2 Å². The van der Waals surface area contributed by atoms with Crippen molar-refractivity contribution in [3.8, 4) is 0 Å². The van der Waals surface area contributed by atoms with Crippen molar-refractivity contribution >= 4 is 11.9 Å². The summed E-state index contributed by atoms with van der Waals surface area (Å²) in [4.78, 5) is 22.4. The number of halogens is 3. The number of amides is 1. The zero-order chi connectivity index (χ0) is 11.6. The zero-order valence-corrected chi connectivity index (χ0v) is 7.75. The number of hydrogen-bond acceptors (Lipinski definition) is 2. The molecule has 0 aromatic carbocycles. The van der Waals surface area contributed by atoms with Crippen LogP contribution in [-0.4, -0.2) is 41.1 Å². The van der Waals surface area contributed by atoms with E-state index >= 15 is 0 Å². The van der Waals surface area contributed by atoms with Crippen LogP contribution in [0.5, 0.6) is 0 Å². The largest absolute Gasteiger partial charge is 0.481 e. The molecule has 1 N–H and O–H groups in total. The molecule has 0 bridgehead atoms. The number of rotatable bonds is 2. The van der Waals surface area contributed by atoms with E-state index in [1.807, 2.05) is 0 Å². The number of piperidine rings is 1. The number of nitrogens with zero attached hydrogens (tertiary/aromatic N) is 1. The van der Waals surface area contributed by atoms with Gasteiger partial charge in [-0.3, -0.25) is 9.59 Å². The minimum atomic E-state index is -4.48. The molecule has 1 amide bonds. The predicted molar refractivity (Wildman–Crippen MR) is 43.0 cm³/mol. The maximum atomic E-state index is 12.0. The molecule has 1 saturated heterocycles. The highest BCUT2D eigenvalue weighted by atomic mass is 19.4. The molecule has 7 heteroatoms. The Hall–Kier alpha value is -1.27. The second kappa shape index (κ2) is 4.08. The summed E-state index contributed by atoms with van der Waals surface area (Å²) >= 11 is 0. The fraction of sp³-hybridized carbons (Fsp3) is 0.750. The van der Waals surface area contributed by atoms with Crippen molar-refractivity contribution in [2.24, 2.45) is 5.92 Å². The summed E-state index contributed by atoms with van der Waals surface area (Å²) in [5.74, 6) is -3.61. The van der Waals surface area contributed by atoms with Crippen LogP contribution in [0.2, 0.25) is 0 Å². The third-order valence-electron chi connectivity index (χ3n) is 2.20. The van der Waals surface area contributed by atoms with E-state index in [0.717, 1.165) is 0 Å². The van der Waals surface area contributed by atoms with Crippen molar-refractivity contribution in [2.75, 3.05) is 13.1 Å². The highest BCUT2D eigenvalue weighted by Gasteiger charge is 2.39. The lowest BCUT2D eigenvalue weighted by Crippen LogP contribution is -2.47. The summed E-state index contributed by atoms with van der Waals surface area (Å²) in [6.45, 7) is -1.39. The smallest absolute Gasteiger partial charge is 0.406 e. The van der Waals surface area contributed by atoms with Gasteiger partial charge in [0.05, 0.1) is 0 Å². The molecule has 0 radical (unpaired) electrons. The molecule has 1 rings (SSSR count). The maximum absolute atomic E-state index is 12.0. The summed E-state index contributed by atoms with van der Waals surface area (Å²) < 4.78 is 36.0. The lowest BCUT2D eigenvalue weighted by Gasteiger charge is -2.30. The van der Waals surface area contributed by atoms with Crippen LogP contribution in [-0.2, 0) is 9.59 Å². The van der Waals surface area contributed by atoms with E-state index in [-0.39, 0.29) is 13.0 Å². The predicted octanol–water partition coefficient (Wildman–Crippen LogP) is 0.872. The van der Waals surface area contributed by atoms with Gasteiger partial charge < -0.3 is 10.0 Å². The summed E-state index contributed by atoms with van der Waals surface area (Å²) in [6, 6.07) is 0. The summed E-state index contributed by atoms with van der Waals surface area (Å²) in [7, 11) is 0. The summed E-state index contributed by atoms with van der Waals surface area (Å²) in [5, 5.41) is 8.60. The van der Waals surface area contributed by atoms with E-state index in [1.54, 1.807) is 0 Å². The molecule has 15 heavy (non-hydrogen) atoms. The molecular weight excluding hydrogens is 215 g/mol. The number of likely N-dealkylation sites (tertiary alicyclic amines) is 1. The Bertz CT molecular complexity index is 277. The topological polar surface area (TPSA) is 57.6 Å². The highest BCUT2D eigenvalue weighted by Crippen LogP contribution is 2.23. The summed E-state index contributed by atoms with van der Waals surface area (Å²) in [6.07, 6.45) is -4.07. The Labute approximate surface area is 83.7 Å². The van der Waals surface area contributed by atoms with Gasteiger partial charge in [0, 0.05) is 6.54 Å². The van der Waals surface area contributed by atoms with Gasteiger partial charge in [0.25, 0.3) is 0 Å². The van der Waals surface area contributed by atoms with Crippen LogP contribution in [0.1, 0.15) is 12.8 Å². The number of carboxylic acid groups (broad SMARTS) is 1. The van der Waals surface area contributed by atoms with Crippen molar-refractivity contribution in [3.05, 3.63) is 0 Å². The van der Waals surface area contributed by atoms with Crippen LogP contribution in [0.25, 0.3) is 0 Å². The summed E-state index contributed by atoms with van der Waals surface area (Å²) in [5.41, 5.74) is 0. The van der Waals surface area contributed by atoms with Gasteiger partial charge in [-0.05, 0) is 12.8 Å². The van der Waals surface area contributed by atoms with E-state index in [9.17, 15) is 22.8 Å². The molecular formula is C8H10F3NO3. The molecule has 1 aliphatic rings. The molecule has 1 heterocycles. The lowest BCUT2D eigenvalue weighted by molar-refractivity contribution is -0.171. The molecule has 0 spiro atoms. The average Bonchev–Trinajstić information content (AvgIpc) is 2.05. The van der Waals surface area contributed by atoms with Gasteiger partial charge in [0.15, 0.2) is 0 Å². The van der Waals surface area contributed by atoms with Gasteiger partial charge in [-0.1, -0.05) is 0 Å². The van der Waals surface area contributed by atoms with Gasteiger partial charge >= 0.3 is 12.1 Å². The minimum Gasteiger partial charge on any atom is -0.481 e. The van der Waals surface area contributed by atoms with Crippen molar-refractivity contribution in [2.45, 2.75) is 19.0 Å². The molecule has 1 unspecified atom stereocenters. The van der Waals surface area contributed by atoms with Crippen molar-refractivity contribution in [3.63, 3.8) is 0 Å². The van der Waals surface area contributed by atoms with Crippen LogP contribution in [0.4, 0.5) is 13.2 Å². The number of carboxylic acids is 1. The van der Waals surface area contributed by atoms with E-state index in [1.165, 1.54) is 0 Å². The van der Waals surface area contributed by atoms with Crippen LogP contribution >= 0.6 is 0 Å². The van der Waals surface area contributed by atoms with E-state index < -0.39 is 30.5 Å². The Morgan fingerprint density at radius 2 is 2.13 bits per heavy atom. The fourth-order valence-corrected chi connectivity index (χ4v) is 1.54. The minimum absolute atomic E-state index is 0.0257. The standard InChI is InChI=1S/C8H10F3NO3/c9-8(10,11)4-12-3-1-2-5(6(12)13)7(14)15/h5H,1-4H2,(H,14,15). The van der Waals surface area contributed by atoms with Crippen LogP contribution in [0.15, 0.2) is 0 Å². The van der Waals surface area contributed by atoms with E-state index in [4.69, 9.17) is 5.11 Å². The lowest BCUT2D eigenvalue weighted by atomic mass is 9.97. The maximum Gasteiger partial charge on any atom is 0.406 e. The highest BCUT2D eigenvalue weighted by molar-refractivity contribution is 5.97. The van der Waals surface area contributed by atoms with Crippen molar-refractivity contribution in [1.82, 2.24) is 4.90 Å². The monoisotopic (exact) mass is 225 g/mol. The first-order valence-corrected chi connectivity index (χ1v) is 4.39. The van der Waals surface area contributed by atoms with E-state index in [0.29, 0.717) is 11.3 Å². The molecule has 0 saturated carbocycles. The van der Waals surface area contributed by atoms with Crippen LogP contribution < -0.4 is 0 Å². The van der Waals surface area contributed by atoms with Gasteiger partial charge in [-0.15, -0.1) is 0 Å². The average molecular weight is 225 g/mol. The second-order valence-electron chi connectivity index (χ2n) is 3.41. The first kappa shape index (κ1) is 11.8. The number of alkyl halides is 3. The zero-order valence-electron chi connectivity index (χ0n) is 7.75. The first-order valence-electron chi connectivity index (χ1n) is 4.39. The molecule has 1 fully saturated rings. The number of hydrogen-bond donors (Lipinski definition) is 1. The van der Waals surface area contributed by atoms with Gasteiger partial charge in [0.1, 0.15) is 12.5 Å². The third kappa shape index (κ3) is 3.10. The first-order chi connectivity index (χ1) is 6.81. The molecule has 4 nitrogen and oxygen atoms in total. The normalized spacial score (nSPS) is 23.0. The quantitative estimate of drug-likeness (QED) is 0.709. The van der Waals surface area contributed by atoms with Gasteiger partial charge in [-0.25, -0.2) is 0 Å². The van der Waals surface area contributed by atoms with E-state index in [2.05, 4.69) is 0 Å².